The lowest BCUT2D eigenvalue weighted by molar-refractivity contribution is -0.705. The molecule has 1 nitrogen and oxygen atoms in total. The molecule has 70 valence electrons. The molecule has 0 aromatic carbocycles. The zero-order valence-corrected chi connectivity index (χ0v) is 8.42. The van der Waals surface area contributed by atoms with Crippen LogP contribution < -0.4 is 4.57 Å². The molecule has 0 unspecified atom stereocenters. The molecule has 0 saturated carbocycles. The molecule has 0 amide bonds. The number of aromatic nitrogens is 1. The second kappa shape index (κ2) is 3.91. The third-order valence-corrected chi connectivity index (χ3v) is 2.85. The molecule has 1 aliphatic rings. The van der Waals surface area contributed by atoms with Gasteiger partial charge in [-0.05, 0) is 25.8 Å². The third kappa shape index (κ3) is 2.09. The standard InChI is InChI=1S/C12H18N/c1-11-7-8-12-6-4-2-3-5-9-13(12)10-11/h7-8,10H,2-6,9H2,1H3/q+1. The van der Waals surface area contributed by atoms with Gasteiger partial charge in [0.15, 0.2) is 11.9 Å². The molecule has 1 aromatic rings. The molecule has 0 fully saturated rings. The molecule has 0 atom stereocenters. The summed E-state index contributed by atoms with van der Waals surface area (Å²) in [6.07, 6.45) is 9.08. The van der Waals surface area contributed by atoms with Gasteiger partial charge < -0.3 is 0 Å². The van der Waals surface area contributed by atoms with E-state index in [2.05, 4.69) is 29.8 Å². The van der Waals surface area contributed by atoms with Crippen LogP contribution in [0.3, 0.4) is 0 Å². The number of aryl methyl sites for hydroxylation is 3. The van der Waals surface area contributed by atoms with Crippen LogP contribution in [0.15, 0.2) is 18.3 Å². The normalized spacial score (nSPS) is 17.3. The predicted octanol–water partition coefficient (Wildman–Crippen LogP) is 2.40. The van der Waals surface area contributed by atoms with E-state index in [0.29, 0.717) is 0 Å². The Bertz CT molecular complexity index is 291. The first-order chi connectivity index (χ1) is 6.36. The number of pyridine rings is 1. The number of rotatable bonds is 0. The molecule has 0 bridgehead atoms. The second-order valence-electron chi connectivity index (χ2n) is 4.06. The van der Waals surface area contributed by atoms with Crippen molar-refractivity contribution in [3.63, 3.8) is 0 Å². The molecular formula is C12H18N+. The van der Waals surface area contributed by atoms with Gasteiger partial charge in [0.25, 0.3) is 0 Å². The summed E-state index contributed by atoms with van der Waals surface area (Å²) in [5.41, 5.74) is 2.90. The summed E-state index contributed by atoms with van der Waals surface area (Å²) in [5, 5.41) is 0. The molecule has 0 spiro atoms. The van der Waals surface area contributed by atoms with Gasteiger partial charge >= 0.3 is 0 Å². The number of hydrogen-bond donors (Lipinski definition) is 0. The fourth-order valence-corrected chi connectivity index (χ4v) is 2.07. The van der Waals surface area contributed by atoms with E-state index in [4.69, 9.17) is 0 Å². The monoisotopic (exact) mass is 176 g/mol. The van der Waals surface area contributed by atoms with Crippen LogP contribution in [0, 0.1) is 6.92 Å². The van der Waals surface area contributed by atoms with Gasteiger partial charge in [-0.3, -0.25) is 0 Å². The highest BCUT2D eigenvalue weighted by molar-refractivity contribution is 5.07. The predicted molar refractivity (Wildman–Crippen MR) is 53.5 cm³/mol. The molecule has 1 aliphatic heterocycles. The maximum absolute atomic E-state index is 2.44. The topological polar surface area (TPSA) is 3.88 Å². The van der Waals surface area contributed by atoms with E-state index < -0.39 is 0 Å². The average molecular weight is 176 g/mol. The highest BCUT2D eigenvalue weighted by atomic mass is 15.0. The molecular weight excluding hydrogens is 158 g/mol. The van der Waals surface area contributed by atoms with Crippen LogP contribution >= 0.6 is 0 Å². The Kier molecular flexibility index (Phi) is 2.62. The van der Waals surface area contributed by atoms with Crippen LogP contribution in [0.2, 0.25) is 0 Å². The molecule has 0 aliphatic carbocycles. The molecule has 0 radical (unpaired) electrons. The Morgan fingerprint density at radius 1 is 1.08 bits per heavy atom. The van der Waals surface area contributed by atoms with Crippen molar-refractivity contribution in [2.75, 3.05) is 0 Å². The summed E-state index contributed by atoms with van der Waals surface area (Å²) >= 11 is 0. The summed E-state index contributed by atoms with van der Waals surface area (Å²) < 4.78 is 2.44. The van der Waals surface area contributed by atoms with Crippen LogP contribution in [-0.4, -0.2) is 0 Å². The van der Waals surface area contributed by atoms with Crippen LogP contribution in [0.5, 0.6) is 0 Å². The molecule has 1 aromatic heterocycles. The van der Waals surface area contributed by atoms with Gasteiger partial charge in [-0.2, -0.15) is 0 Å². The van der Waals surface area contributed by atoms with Gasteiger partial charge in [0, 0.05) is 24.5 Å². The lowest BCUT2D eigenvalue weighted by atomic mass is 10.1. The fraction of sp³-hybridized carbons (Fsp3) is 0.583. The van der Waals surface area contributed by atoms with Crippen LogP contribution in [-0.2, 0) is 13.0 Å². The van der Waals surface area contributed by atoms with Crippen molar-refractivity contribution in [2.24, 2.45) is 0 Å². The molecule has 0 N–H and O–H groups in total. The summed E-state index contributed by atoms with van der Waals surface area (Å²) in [5.74, 6) is 0. The minimum absolute atomic E-state index is 1.22. The Balaban J connectivity index is 2.28. The fourth-order valence-electron chi connectivity index (χ4n) is 2.07. The van der Waals surface area contributed by atoms with Gasteiger partial charge in [0.05, 0.1) is 0 Å². The Labute approximate surface area is 80.4 Å². The Morgan fingerprint density at radius 3 is 2.85 bits per heavy atom. The first-order valence-electron chi connectivity index (χ1n) is 5.35. The van der Waals surface area contributed by atoms with Crippen molar-refractivity contribution in [1.82, 2.24) is 0 Å². The lowest BCUT2D eigenvalue weighted by Crippen LogP contribution is -2.39. The molecule has 2 heterocycles. The van der Waals surface area contributed by atoms with Crippen molar-refractivity contribution in [1.29, 1.82) is 0 Å². The molecule has 2 rings (SSSR count). The molecule has 13 heavy (non-hydrogen) atoms. The first-order valence-corrected chi connectivity index (χ1v) is 5.35. The van der Waals surface area contributed by atoms with Crippen molar-refractivity contribution < 1.29 is 4.57 Å². The number of fused-ring (bicyclic) bond motifs is 1. The maximum atomic E-state index is 2.44. The number of hydrogen-bond acceptors (Lipinski definition) is 0. The SMILES string of the molecule is Cc1ccc2[n+](c1)CCCCCC2. The van der Waals surface area contributed by atoms with E-state index in [1.807, 2.05) is 0 Å². The molecule has 0 saturated heterocycles. The summed E-state index contributed by atoms with van der Waals surface area (Å²) in [4.78, 5) is 0. The van der Waals surface area contributed by atoms with Crippen molar-refractivity contribution >= 4 is 0 Å². The quantitative estimate of drug-likeness (QED) is 0.534. The second-order valence-corrected chi connectivity index (χ2v) is 4.06. The van der Waals surface area contributed by atoms with Crippen LogP contribution in [0.25, 0.3) is 0 Å². The third-order valence-electron chi connectivity index (χ3n) is 2.85. The van der Waals surface area contributed by atoms with E-state index in [1.165, 1.54) is 49.9 Å². The van der Waals surface area contributed by atoms with E-state index in [1.54, 1.807) is 0 Å². The van der Waals surface area contributed by atoms with Crippen molar-refractivity contribution in [3.05, 3.63) is 29.6 Å². The summed E-state index contributed by atoms with van der Waals surface area (Å²) in [7, 11) is 0. The van der Waals surface area contributed by atoms with E-state index in [0.717, 1.165) is 0 Å². The minimum atomic E-state index is 1.22. The average Bonchev–Trinajstić information content (AvgIpc) is 2.08. The maximum Gasteiger partial charge on any atom is 0.181 e. The van der Waals surface area contributed by atoms with Crippen LogP contribution in [0.1, 0.15) is 36.9 Å². The minimum Gasteiger partial charge on any atom is -0.202 e. The summed E-state index contributed by atoms with van der Waals surface area (Å²) in [6.45, 7) is 3.39. The van der Waals surface area contributed by atoms with E-state index >= 15 is 0 Å². The van der Waals surface area contributed by atoms with Gasteiger partial charge in [0.1, 0.15) is 6.54 Å². The van der Waals surface area contributed by atoms with Gasteiger partial charge in [-0.25, -0.2) is 4.57 Å². The van der Waals surface area contributed by atoms with Crippen molar-refractivity contribution in [2.45, 2.75) is 45.6 Å². The van der Waals surface area contributed by atoms with E-state index in [-0.39, 0.29) is 0 Å². The van der Waals surface area contributed by atoms with E-state index in [9.17, 15) is 0 Å². The Hall–Kier alpha value is -0.850. The summed E-state index contributed by atoms with van der Waals surface area (Å²) in [6, 6.07) is 4.52. The lowest BCUT2D eigenvalue weighted by Gasteiger charge is -2.08. The molecule has 1 heteroatoms. The smallest absolute Gasteiger partial charge is 0.181 e. The van der Waals surface area contributed by atoms with Gasteiger partial charge in [-0.1, -0.05) is 6.42 Å². The highest BCUT2D eigenvalue weighted by Crippen LogP contribution is 2.09. The number of nitrogens with zero attached hydrogens (tertiary/aromatic N) is 1. The van der Waals surface area contributed by atoms with Gasteiger partial charge in [-0.15, -0.1) is 0 Å². The first kappa shape index (κ1) is 8.74. The van der Waals surface area contributed by atoms with Gasteiger partial charge in [0.2, 0.25) is 0 Å². The van der Waals surface area contributed by atoms with Crippen LogP contribution in [0.4, 0.5) is 0 Å². The van der Waals surface area contributed by atoms with Crippen molar-refractivity contribution in [3.8, 4) is 0 Å². The highest BCUT2D eigenvalue weighted by Gasteiger charge is 2.12. The zero-order chi connectivity index (χ0) is 9.10. The largest absolute Gasteiger partial charge is 0.202 e. The zero-order valence-electron chi connectivity index (χ0n) is 8.42. The Morgan fingerprint density at radius 2 is 1.92 bits per heavy atom.